The second kappa shape index (κ2) is 22.1. The normalized spacial score (nSPS) is 15.5. The van der Waals surface area contributed by atoms with Gasteiger partial charge in [-0.25, -0.2) is 0 Å². The Labute approximate surface area is 273 Å². The van der Waals surface area contributed by atoms with E-state index >= 15 is 0 Å². The van der Waals surface area contributed by atoms with Crippen molar-refractivity contribution in [1.29, 1.82) is 0 Å². The zero-order chi connectivity index (χ0) is 30.1. The van der Waals surface area contributed by atoms with Crippen molar-refractivity contribution in [3.63, 3.8) is 0 Å². The maximum absolute atomic E-state index is 13.0. The predicted molar refractivity (Wildman–Crippen MR) is 182 cm³/mol. The highest BCUT2D eigenvalue weighted by atomic mass is 127. The van der Waals surface area contributed by atoms with E-state index in [1.165, 1.54) is 21.3 Å². The molecular formula is C18H29B3I3O12P3. The van der Waals surface area contributed by atoms with Gasteiger partial charge in [-0.05, 0) is 0 Å². The molecule has 39 heavy (non-hydrogen) atoms. The Morgan fingerprint density at radius 1 is 0.744 bits per heavy atom. The summed E-state index contributed by atoms with van der Waals surface area (Å²) in [6.07, 6.45) is -1.75. The topological polar surface area (TPSA) is 158 Å². The lowest BCUT2D eigenvalue weighted by molar-refractivity contribution is -0.167. The minimum atomic E-state index is -1.20. The molecule has 0 saturated heterocycles. The van der Waals surface area contributed by atoms with Gasteiger partial charge in [0.15, 0.2) is 6.10 Å². The Kier molecular flexibility index (Phi) is 22.4. The molecule has 0 radical (unpaired) electrons. The van der Waals surface area contributed by atoms with Crippen molar-refractivity contribution in [3.05, 3.63) is 0 Å². The maximum Gasteiger partial charge on any atom is 0.314 e. The summed E-state index contributed by atoms with van der Waals surface area (Å²) in [7, 11) is 7.30. The summed E-state index contributed by atoms with van der Waals surface area (Å²) in [5, 5.41) is 0. The van der Waals surface area contributed by atoms with Crippen LogP contribution in [-0.2, 0) is 57.2 Å². The number of esters is 6. The van der Waals surface area contributed by atoms with Gasteiger partial charge in [-0.3, -0.25) is 28.8 Å². The predicted octanol–water partition coefficient (Wildman–Crippen LogP) is 0.920. The van der Waals surface area contributed by atoms with E-state index in [1.807, 2.05) is 22.0 Å². The van der Waals surface area contributed by atoms with Crippen molar-refractivity contribution in [1.82, 2.24) is 0 Å². The molecule has 0 aromatic rings. The Balaban J connectivity index is 5.69. The molecule has 0 N–H and O–H groups in total. The quantitative estimate of drug-likeness (QED) is 0.0631. The fraction of sp³-hybridized carbons (Fsp3) is 0.667. The lowest BCUT2D eigenvalue weighted by Gasteiger charge is -2.24. The van der Waals surface area contributed by atoms with Crippen LogP contribution < -0.4 is 0 Å². The zero-order valence-electron chi connectivity index (χ0n) is 22.0. The maximum atomic E-state index is 13.0. The standard InChI is InChI=1S/C18H29B3I3O12P3/c1-31-13(25)4-10(37-21-22)16(28)34-7-9(36-18(30)12(39(20)24)6-15(27)33-3)8-35-17(29)11(38(19)23)5-14(26)32-2/h9-12,21,37H,4-8,19-20H2,1-3H3. The van der Waals surface area contributed by atoms with Crippen molar-refractivity contribution >= 4 is 142 Å². The lowest BCUT2D eigenvalue weighted by atomic mass is 10.3. The van der Waals surface area contributed by atoms with Crippen molar-refractivity contribution < 1.29 is 57.2 Å². The number of halogens is 3. The average molecular weight is 943 g/mol. The third-order valence-electron chi connectivity index (χ3n) is 4.89. The van der Waals surface area contributed by atoms with Crippen molar-refractivity contribution in [2.75, 3.05) is 34.5 Å². The number of ether oxygens (including phenoxy) is 6. The number of carbonyl (C=O) groups is 6. The third kappa shape index (κ3) is 16.6. The number of rotatable bonds is 18. The van der Waals surface area contributed by atoms with Crippen molar-refractivity contribution in [2.24, 2.45) is 0 Å². The van der Waals surface area contributed by atoms with Gasteiger partial charge in [-0.15, -0.1) is 30.8 Å². The van der Waals surface area contributed by atoms with Crippen LogP contribution in [0.15, 0.2) is 0 Å². The highest BCUT2D eigenvalue weighted by molar-refractivity contribution is 14.2. The molecule has 0 rings (SSSR count). The number of carbonyl (C=O) groups excluding carboxylic acids is 6. The Hall–Kier alpha value is 0.495. The molecule has 0 heterocycles. The molecule has 0 aliphatic heterocycles. The molecule has 21 heteroatoms. The van der Waals surface area contributed by atoms with Crippen LogP contribution in [0.25, 0.3) is 0 Å². The van der Waals surface area contributed by atoms with Crippen LogP contribution in [0.3, 0.4) is 0 Å². The van der Waals surface area contributed by atoms with Crippen LogP contribution >= 0.6 is 85.8 Å². The minimum absolute atomic E-state index is 0.0846. The van der Waals surface area contributed by atoms with Crippen molar-refractivity contribution in [2.45, 2.75) is 42.3 Å². The molecule has 0 bridgehead atoms. The summed E-state index contributed by atoms with van der Waals surface area (Å²) >= 11 is 6.17. The molecule has 218 valence electrons. The molecule has 0 spiro atoms. The van der Waals surface area contributed by atoms with Crippen molar-refractivity contribution in [3.8, 4) is 0 Å². The van der Waals surface area contributed by atoms with Crippen LogP contribution in [0.2, 0.25) is 0 Å². The summed E-state index contributed by atoms with van der Waals surface area (Å²) in [5.74, 6) is -3.85. The summed E-state index contributed by atoms with van der Waals surface area (Å²) in [5.41, 5.74) is -4.26. The summed E-state index contributed by atoms with van der Waals surface area (Å²) in [6.45, 7) is -0.915. The monoisotopic (exact) mass is 944 g/mol. The number of hydrogen-bond acceptors (Lipinski definition) is 12. The molecule has 0 aliphatic carbocycles. The van der Waals surface area contributed by atoms with Gasteiger partial charge < -0.3 is 28.4 Å². The molecule has 12 nitrogen and oxygen atoms in total. The van der Waals surface area contributed by atoms with Gasteiger partial charge in [0, 0.05) is 0 Å². The first kappa shape index (κ1) is 39.5. The first-order valence-corrected chi connectivity index (χ1v) is 23.2. The fourth-order valence-corrected chi connectivity index (χ4v) is 9.09. The molecule has 0 aliphatic rings. The van der Waals surface area contributed by atoms with Gasteiger partial charge in [0.25, 0.3) is 0 Å². The Morgan fingerprint density at radius 3 is 1.56 bits per heavy atom. The van der Waals surface area contributed by atoms with Crippen LogP contribution in [-0.4, -0.2) is 113 Å². The second-order valence-corrected chi connectivity index (χ2v) is 23.8. The van der Waals surface area contributed by atoms with E-state index in [0.717, 1.165) is 0 Å². The van der Waals surface area contributed by atoms with Gasteiger partial charge in [0.05, 0.1) is 57.6 Å². The molecular weight excluding hydrogens is 914 g/mol. The summed E-state index contributed by atoms with van der Waals surface area (Å²) in [6, 6.07) is 0. The fourth-order valence-electron chi connectivity index (χ4n) is 2.68. The van der Waals surface area contributed by atoms with Gasteiger partial charge in [-0.2, -0.15) is 0 Å². The Bertz CT molecular complexity index is 859. The van der Waals surface area contributed by atoms with E-state index in [4.69, 9.17) is 14.2 Å². The minimum Gasteiger partial charge on any atom is -0.469 e. The van der Waals surface area contributed by atoms with Crippen LogP contribution in [0.1, 0.15) is 19.3 Å². The molecule has 0 aromatic carbocycles. The Morgan fingerprint density at radius 2 is 1.15 bits per heavy atom. The zero-order valence-corrected chi connectivity index (χ0v) is 31.2. The van der Waals surface area contributed by atoms with E-state index in [-0.39, 0.29) is 27.7 Å². The number of methoxy groups -OCH3 is 3. The molecule has 0 amide bonds. The van der Waals surface area contributed by atoms with Gasteiger partial charge >= 0.3 is 35.8 Å². The van der Waals surface area contributed by atoms with Gasteiger partial charge in [0.2, 0.25) is 4.86 Å². The summed E-state index contributed by atoms with van der Waals surface area (Å²) in [4.78, 5) is 74.3. The van der Waals surface area contributed by atoms with E-state index in [1.54, 1.807) is 15.1 Å². The smallest absolute Gasteiger partial charge is 0.314 e. The van der Waals surface area contributed by atoms with E-state index in [9.17, 15) is 28.8 Å². The van der Waals surface area contributed by atoms with Gasteiger partial charge in [0.1, 0.15) is 28.3 Å². The molecule has 7 unspecified atom stereocenters. The highest BCUT2D eigenvalue weighted by Gasteiger charge is 2.33. The lowest BCUT2D eigenvalue weighted by Crippen LogP contribution is -2.37. The van der Waals surface area contributed by atoms with Crippen LogP contribution in [0.4, 0.5) is 0 Å². The first-order valence-electron chi connectivity index (χ1n) is 11.1. The SMILES string of the molecule is BP(I)C(CC(=O)OC)C(=O)OCC(COC(=O)C(CC(=O)OC)PBI)OC(=O)C(CC(=O)OC)P(B)I. The number of hydrogen-bond donors (Lipinski definition) is 0. The molecule has 0 saturated carbocycles. The molecule has 0 fully saturated rings. The first-order chi connectivity index (χ1) is 18.3. The average Bonchev–Trinajstić information content (AvgIpc) is 2.89. The van der Waals surface area contributed by atoms with E-state index in [0.29, 0.717) is 4.86 Å². The van der Waals surface area contributed by atoms with Crippen LogP contribution in [0, 0.1) is 0 Å². The van der Waals surface area contributed by atoms with Crippen LogP contribution in [0.5, 0.6) is 0 Å². The highest BCUT2D eigenvalue weighted by Crippen LogP contribution is 2.48. The largest absolute Gasteiger partial charge is 0.469 e. The van der Waals surface area contributed by atoms with E-state index < -0.39 is 83.0 Å². The second-order valence-electron chi connectivity index (χ2n) is 7.63. The third-order valence-corrected chi connectivity index (χ3v) is 13.8. The van der Waals surface area contributed by atoms with Gasteiger partial charge in [-0.1, -0.05) is 55.0 Å². The molecule has 7 atom stereocenters. The molecule has 0 aromatic heterocycles. The summed E-state index contributed by atoms with van der Waals surface area (Å²) < 4.78 is 30.2. The van der Waals surface area contributed by atoms with E-state index in [2.05, 4.69) is 58.6 Å².